The Morgan fingerprint density at radius 3 is 1.98 bits per heavy atom. The zero-order valence-electron chi connectivity index (χ0n) is 27.1. The van der Waals surface area contributed by atoms with Crippen LogP contribution in [0.4, 0.5) is 5.13 Å². The molecule has 0 aliphatic carbocycles. The molecule has 8 nitrogen and oxygen atoms in total. The van der Waals surface area contributed by atoms with Gasteiger partial charge in [0, 0.05) is 36.5 Å². The smallest absolute Gasteiger partial charge is 0.290 e. The van der Waals surface area contributed by atoms with E-state index in [1.54, 1.807) is 26.8 Å². The minimum Gasteiger partial charge on any atom is -0.348 e. The van der Waals surface area contributed by atoms with Crippen LogP contribution in [0.3, 0.4) is 0 Å². The second kappa shape index (κ2) is 13.3. The molecule has 41 heavy (non-hydrogen) atoms. The van der Waals surface area contributed by atoms with Gasteiger partial charge in [-0.25, -0.2) is 9.99 Å². The van der Waals surface area contributed by atoms with Gasteiger partial charge in [-0.15, -0.1) is 0 Å². The van der Waals surface area contributed by atoms with Gasteiger partial charge in [-0.3, -0.25) is 14.4 Å². The van der Waals surface area contributed by atoms with Crippen molar-refractivity contribution < 1.29 is 14.4 Å². The van der Waals surface area contributed by atoms with Gasteiger partial charge in [0.05, 0.1) is 10.6 Å². The molecule has 226 valence electrons. The van der Waals surface area contributed by atoms with Gasteiger partial charge in [-0.1, -0.05) is 87.5 Å². The predicted molar refractivity (Wildman–Crippen MR) is 167 cm³/mol. The number of carbonyl (C=O) groups is 3. The van der Waals surface area contributed by atoms with E-state index in [0.29, 0.717) is 23.8 Å². The Kier molecular flexibility index (Phi) is 11.1. The lowest BCUT2D eigenvalue weighted by Crippen LogP contribution is -2.56. The van der Waals surface area contributed by atoms with Gasteiger partial charge in [0.1, 0.15) is 11.6 Å². The molecule has 0 spiro atoms. The number of rotatable bonds is 10. The van der Waals surface area contributed by atoms with E-state index in [0.717, 1.165) is 51.7 Å². The highest BCUT2D eigenvalue weighted by Gasteiger charge is 2.42. The predicted octanol–water partition coefficient (Wildman–Crippen LogP) is 6.74. The first-order valence-corrected chi connectivity index (χ1v) is 15.4. The van der Waals surface area contributed by atoms with E-state index in [-0.39, 0.29) is 16.6 Å². The Morgan fingerprint density at radius 1 is 1.02 bits per heavy atom. The normalized spacial score (nSPS) is 15.8. The third kappa shape index (κ3) is 8.06. The molecule has 9 heteroatoms. The van der Waals surface area contributed by atoms with Crippen molar-refractivity contribution >= 4 is 40.3 Å². The van der Waals surface area contributed by atoms with Crippen molar-refractivity contribution in [3.8, 4) is 6.07 Å². The number of nitrogens with zero attached hydrogens (tertiary/aromatic N) is 5. The van der Waals surface area contributed by atoms with Gasteiger partial charge in [-0.05, 0) is 42.7 Å². The van der Waals surface area contributed by atoms with E-state index in [4.69, 9.17) is 4.98 Å². The number of hydrogen-bond acceptors (Lipinski definition) is 7. The number of carbonyl (C=O) groups excluding carboxylic acids is 3. The van der Waals surface area contributed by atoms with E-state index < -0.39 is 23.1 Å². The lowest BCUT2D eigenvalue weighted by atomic mass is 9.88. The van der Waals surface area contributed by atoms with Gasteiger partial charge in [0.25, 0.3) is 11.8 Å². The number of imide groups is 1. The molecule has 3 amide bonds. The van der Waals surface area contributed by atoms with E-state index in [2.05, 4.69) is 53.4 Å². The first-order valence-electron chi connectivity index (χ1n) is 14.6. The fraction of sp³-hybridized carbons (Fsp3) is 0.656. The molecule has 1 aromatic rings. The maximum atomic E-state index is 14.0. The fourth-order valence-corrected chi connectivity index (χ4v) is 5.81. The molecule has 0 unspecified atom stereocenters. The highest BCUT2D eigenvalue weighted by Crippen LogP contribution is 2.38. The van der Waals surface area contributed by atoms with Crippen molar-refractivity contribution in [1.29, 1.82) is 5.26 Å². The first kappa shape index (κ1) is 34.2. The van der Waals surface area contributed by atoms with E-state index in [9.17, 15) is 19.6 Å². The molecule has 0 aromatic carbocycles. The van der Waals surface area contributed by atoms with Crippen LogP contribution < -0.4 is 4.90 Å². The van der Waals surface area contributed by atoms with E-state index >= 15 is 0 Å². The minimum atomic E-state index is -0.831. The number of nitriles is 1. The van der Waals surface area contributed by atoms with E-state index in [1.807, 2.05) is 13.0 Å². The molecule has 0 atom stereocenters. The Morgan fingerprint density at radius 2 is 1.56 bits per heavy atom. The van der Waals surface area contributed by atoms with Crippen LogP contribution in [0.2, 0.25) is 0 Å². The molecule has 1 aliphatic rings. The van der Waals surface area contributed by atoms with Crippen molar-refractivity contribution in [2.75, 3.05) is 25.0 Å². The summed E-state index contributed by atoms with van der Waals surface area (Å²) in [4.78, 5) is 48.7. The maximum absolute atomic E-state index is 14.0. The average molecular weight is 584 g/mol. The summed E-state index contributed by atoms with van der Waals surface area (Å²) in [6.45, 7) is 23.9. The van der Waals surface area contributed by atoms with Crippen LogP contribution in [0.5, 0.6) is 0 Å². The van der Waals surface area contributed by atoms with Gasteiger partial charge in [0.2, 0.25) is 5.91 Å². The van der Waals surface area contributed by atoms with Crippen molar-refractivity contribution in [3.63, 3.8) is 0 Å². The second-order valence-corrected chi connectivity index (χ2v) is 14.7. The number of aromatic nitrogens is 1. The van der Waals surface area contributed by atoms with Crippen molar-refractivity contribution in [3.05, 3.63) is 27.3 Å². The first-order chi connectivity index (χ1) is 18.8. The van der Waals surface area contributed by atoms with Gasteiger partial charge >= 0.3 is 0 Å². The molecule has 0 bridgehead atoms. The van der Waals surface area contributed by atoms with Crippen LogP contribution in [0, 0.1) is 28.6 Å². The molecule has 2 heterocycles. The monoisotopic (exact) mass is 583 g/mol. The standard InChI is InChI=1S/C32H49N5O3S/c1-13-22-23(27(38)37(28(39)24(22)19-33)35(12)29(40)32(9,10)11)18-25-26(31(6,7)8)34-30(41-25)36(16-14-20(2)3)17-15-21(4)5/h18,20-21H,13-17H2,1-12H3/b23-18-. The fourth-order valence-electron chi connectivity index (χ4n) is 4.54. The summed E-state index contributed by atoms with van der Waals surface area (Å²) >= 11 is 1.53. The summed E-state index contributed by atoms with van der Waals surface area (Å²) in [6.07, 6.45) is 4.17. The Balaban J connectivity index is 2.77. The SMILES string of the molecule is CCC1=C(C#N)C(=O)N(N(C)C(=O)C(C)(C)C)C(=O)/C1=C\c1sc(N(CCC(C)C)CCC(C)C)nc1C(C)(C)C. The molecule has 0 fully saturated rings. The number of amides is 3. The molecular weight excluding hydrogens is 534 g/mol. The Hall–Kier alpha value is -2.99. The highest BCUT2D eigenvalue weighted by molar-refractivity contribution is 7.16. The Bertz CT molecular complexity index is 1240. The molecule has 2 rings (SSSR count). The highest BCUT2D eigenvalue weighted by atomic mass is 32.1. The van der Waals surface area contributed by atoms with Crippen LogP contribution in [0.25, 0.3) is 6.08 Å². The Labute approximate surface area is 251 Å². The van der Waals surface area contributed by atoms with Gasteiger partial charge < -0.3 is 4.90 Å². The summed E-state index contributed by atoms with van der Waals surface area (Å²) in [7, 11) is 1.40. The summed E-state index contributed by atoms with van der Waals surface area (Å²) in [5.41, 5.74) is 0.221. The second-order valence-electron chi connectivity index (χ2n) is 13.7. The molecular formula is C32H49N5O3S. The average Bonchev–Trinajstić information content (AvgIpc) is 3.28. The van der Waals surface area contributed by atoms with Crippen LogP contribution in [-0.2, 0) is 19.8 Å². The lowest BCUT2D eigenvalue weighted by Gasteiger charge is -2.37. The molecule has 0 saturated heterocycles. The molecule has 0 N–H and O–H groups in total. The van der Waals surface area contributed by atoms with Gasteiger partial charge in [-0.2, -0.15) is 10.3 Å². The molecule has 1 aliphatic heterocycles. The number of thiazole rings is 1. The zero-order valence-corrected chi connectivity index (χ0v) is 28.0. The zero-order chi connectivity index (χ0) is 31.4. The van der Waals surface area contributed by atoms with Crippen LogP contribution in [-0.4, -0.2) is 52.9 Å². The number of hydrogen-bond donors (Lipinski definition) is 0. The largest absolute Gasteiger partial charge is 0.348 e. The molecule has 1 aromatic heterocycles. The lowest BCUT2D eigenvalue weighted by molar-refractivity contribution is -0.171. The van der Waals surface area contributed by atoms with E-state index in [1.165, 1.54) is 18.4 Å². The summed E-state index contributed by atoms with van der Waals surface area (Å²) < 4.78 is 0. The quantitative estimate of drug-likeness (QED) is 0.223. The summed E-state index contributed by atoms with van der Waals surface area (Å²) in [5.74, 6) is -0.688. The van der Waals surface area contributed by atoms with Crippen LogP contribution >= 0.6 is 11.3 Å². The minimum absolute atomic E-state index is 0.121. The van der Waals surface area contributed by atoms with Crippen molar-refractivity contribution in [2.24, 2.45) is 17.3 Å². The summed E-state index contributed by atoms with van der Waals surface area (Å²) in [5, 5.41) is 12.7. The molecule has 0 saturated carbocycles. The van der Waals surface area contributed by atoms with Crippen LogP contribution in [0.1, 0.15) is 106 Å². The molecule has 0 radical (unpaired) electrons. The van der Waals surface area contributed by atoms with Crippen molar-refractivity contribution in [2.45, 2.75) is 101 Å². The third-order valence-electron chi connectivity index (χ3n) is 7.01. The number of anilines is 1. The number of hydrazine groups is 1. The topological polar surface area (TPSA) is 97.6 Å². The van der Waals surface area contributed by atoms with Gasteiger partial charge in [0.15, 0.2) is 5.13 Å². The maximum Gasteiger partial charge on any atom is 0.290 e. The summed E-state index contributed by atoms with van der Waals surface area (Å²) in [6, 6.07) is 2.01. The van der Waals surface area contributed by atoms with Crippen LogP contribution in [0.15, 0.2) is 16.7 Å². The third-order valence-corrected chi connectivity index (χ3v) is 8.07. The van der Waals surface area contributed by atoms with Crippen molar-refractivity contribution in [1.82, 2.24) is 15.0 Å².